The first kappa shape index (κ1) is 11.6. The van der Waals surface area contributed by atoms with Gasteiger partial charge in [-0.3, -0.25) is 4.79 Å². The standard InChI is InChI=1S/C12H16N4O/c1-2-5-13-11-8-12(15-9-14-11)16-6-3-10(17)4-7-16/h2,8-9H,1,3-7H2,(H,13,14,15). The van der Waals surface area contributed by atoms with Crippen LogP contribution in [0.2, 0.25) is 0 Å². The highest BCUT2D eigenvalue weighted by molar-refractivity contribution is 5.80. The van der Waals surface area contributed by atoms with Crippen LogP contribution in [0.5, 0.6) is 0 Å². The van der Waals surface area contributed by atoms with Gasteiger partial charge in [-0.2, -0.15) is 0 Å². The molecule has 1 fully saturated rings. The van der Waals surface area contributed by atoms with Crippen molar-refractivity contribution in [3.8, 4) is 0 Å². The Morgan fingerprint density at radius 2 is 2.18 bits per heavy atom. The van der Waals surface area contributed by atoms with Crippen LogP contribution in [0.25, 0.3) is 0 Å². The largest absolute Gasteiger partial charge is 0.366 e. The van der Waals surface area contributed by atoms with E-state index in [1.165, 1.54) is 6.33 Å². The van der Waals surface area contributed by atoms with Crippen molar-refractivity contribution in [1.82, 2.24) is 9.97 Å². The molecule has 0 bridgehead atoms. The maximum Gasteiger partial charge on any atom is 0.136 e. The third-order valence-corrected chi connectivity index (χ3v) is 2.73. The first-order valence-corrected chi connectivity index (χ1v) is 5.73. The van der Waals surface area contributed by atoms with Gasteiger partial charge in [-0.05, 0) is 0 Å². The second kappa shape index (κ2) is 5.43. The van der Waals surface area contributed by atoms with Crippen LogP contribution in [0.3, 0.4) is 0 Å². The van der Waals surface area contributed by atoms with Crippen LogP contribution in [-0.4, -0.2) is 35.4 Å². The Balaban J connectivity index is 2.04. The molecule has 0 atom stereocenters. The first-order valence-electron chi connectivity index (χ1n) is 5.73. The summed E-state index contributed by atoms with van der Waals surface area (Å²) in [7, 11) is 0. The molecule has 0 spiro atoms. The van der Waals surface area contributed by atoms with Gasteiger partial charge in [-0.1, -0.05) is 6.08 Å². The summed E-state index contributed by atoms with van der Waals surface area (Å²) in [5.74, 6) is 1.99. The molecule has 1 saturated heterocycles. The van der Waals surface area contributed by atoms with E-state index in [2.05, 4.69) is 26.8 Å². The number of hydrogen-bond donors (Lipinski definition) is 1. The Hall–Kier alpha value is -1.91. The molecule has 5 nitrogen and oxygen atoms in total. The molecule has 0 saturated carbocycles. The summed E-state index contributed by atoms with van der Waals surface area (Å²) in [6, 6.07) is 1.90. The monoisotopic (exact) mass is 232 g/mol. The molecule has 1 aliphatic rings. The molecule has 0 aromatic carbocycles. The summed E-state index contributed by atoms with van der Waals surface area (Å²) in [6.07, 6.45) is 4.54. The van der Waals surface area contributed by atoms with E-state index in [0.29, 0.717) is 25.2 Å². The molecule has 1 aromatic rings. The molecule has 2 heterocycles. The maximum atomic E-state index is 11.2. The fraction of sp³-hybridized carbons (Fsp3) is 0.417. The number of piperidine rings is 1. The van der Waals surface area contributed by atoms with Gasteiger partial charge >= 0.3 is 0 Å². The number of ketones is 1. The van der Waals surface area contributed by atoms with Crippen molar-refractivity contribution in [3.63, 3.8) is 0 Å². The number of nitrogens with zero attached hydrogens (tertiary/aromatic N) is 3. The number of carbonyl (C=O) groups excluding carboxylic acids is 1. The Morgan fingerprint density at radius 1 is 1.41 bits per heavy atom. The molecular formula is C12H16N4O. The predicted octanol–water partition coefficient (Wildman–Crippen LogP) is 1.24. The van der Waals surface area contributed by atoms with Gasteiger partial charge in [0.15, 0.2) is 0 Å². The van der Waals surface area contributed by atoms with Gasteiger partial charge in [-0.25, -0.2) is 9.97 Å². The molecule has 1 N–H and O–H groups in total. The minimum absolute atomic E-state index is 0.334. The summed E-state index contributed by atoms with van der Waals surface area (Å²) in [6.45, 7) is 5.81. The number of hydrogen-bond acceptors (Lipinski definition) is 5. The SMILES string of the molecule is C=CCNc1cc(N2CCC(=O)CC2)ncn1. The lowest BCUT2D eigenvalue weighted by atomic mass is 10.1. The van der Waals surface area contributed by atoms with Gasteiger partial charge < -0.3 is 10.2 Å². The van der Waals surface area contributed by atoms with Crippen LogP contribution in [0.4, 0.5) is 11.6 Å². The molecular weight excluding hydrogens is 216 g/mol. The van der Waals surface area contributed by atoms with E-state index in [9.17, 15) is 4.79 Å². The van der Waals surface area contributed by atoms with E-state index in [1.54, 1.807) is 6.08 Å². The number of aromatic nitrogens is 2. The summed E-state index contributed by atoms with van der Waals surface area (Å²) >= 11 is 0. The lowest BCUT2D eigenvalue weighted by Gasteiger charge is -2.27. The lowest BCUT2D eigenvalue weighted by Crippen LogP contribution is -2.34. The maximum absolute atomic E-state index is 11.2. The Kier molecular flexibility index (Phi) is 3.69. The van der Waals surface area contributed by atoms with E-state index in [0.717, 1.165) is 24.7 Å². The van der Waals surface area contributed by atoms with Crippen molar-refractivity contribution >= 4 is 17.4 Å². The highest BCUT2D eigenvalue weighted by Crippen LogP contribution is 2.17. The fourth-order valence-electron chi connectivity index (χ4n) is 1.78. The van der Waals surface area contributed by atoms with E-state index in [-0.39, 0.29) is 0 Å². The van der Waals surface area contributed by atoms with E-state index in [4.69, 9.17) is 0 Å². The number of Topliss-reactive ketones (excluding diaryl/α,β-unsaturated/α-hetero) is 1. The van der Waals surface area contributed by atoms with Gasteiger partial charge in [0, 0.05) is 38.5 Å². The van der Waals surface area contributed by atoms with Crippen molar-refractivity contribution in [3.05, 3.63) is 25.0 Å². The number of rotatable bonds is 4. The normalized spacial score (nSPS) is 15.8. The smallest absolute Gasteiger partial charge is 0.136 e. The quantitative estimate of drug-likeness (QED) is 0.792. The van der Waals surface area contributed by atoms with Crippen LogP contribution in [0, 0.1) is 0 Å². The van der Waals surface area contributed by atoms with Gasteiger partial charge in [-0.15, -0.1) is 6.58 Å². The molecule has 0 radical (unpaired) electrons. The minimum Gasteiger partial charge on any atom is -0.366 e. The van der Waals surface area contributed by atoms with Crippen molar-refractivity contribution in [2.75, 3.05) is 29.9 Å². The molecule has 2 rings (SSSR count). The molecule has 1 aromatic heterocycles. The third kappa shape index (κ3) is 3.03. The number of carbonyl (C=O) groups is 1. The molecule has 1 aliphatic heterocycles. The van der Waals surface area contributed by atoms with Crippen molar-refractivity contribution in [2.45, 2.75) is 12.8 Å². The zero-order valence-corrected chi connectivity index (χ0v) is 9.72. The third-order valence-electron chi connectivity index (χ3n) is 2.73. The highest BCUT2D eigenvalue weighted by Gasteiger charge is 2.17. The van der Waals surface area contributed by atoms with Gasteiger partial charge in [0.05, 0.1) is 0 Å². The average Bonchev–Trinajstić information content (AvgIpc) is 2.37. The zero-order valence-electron chi connectivity index (χ0n) is 9.72. The zero-order chi connectivity index (χ0) is 12.1. The molecule has 0 amide bonds. The van der Waals surface area contributed by atoms with Crippen LogP contribution in [-0.2, 0) is 4.79 Å². The average molecular weight is 232 g/mol. The summed E-state index contributed by atoms with van der Waals surface area (Å²) in [5, 5.41) is 3.12. The molecule has 0 unspecified atom stereocenters. The van der Waals surface area contributed by atoms with E-state index >= 15 is 0 Å². The molecule has 0 aliphatic carbocycles. The summed E-state index contributed by atoms with van der Waals surface area (Å²) in [4.78, 5) is 21.6. The summed E-state index contributed by atoms with van der Waals surface area (Å²) in [5.41, 5.74) is 0. The van der Waals surface area contributed by atoms with Crippen molar-refractivity contribution in [2.24, 2.45) is 0 Å². The van der Waals surface area contributed by atoms with Gasteiger partial charge in [0.2, 0.25) is 0 Å². The second-order valence-corrected chi connectivity index (χ2v) is 3.96. The Morgan fingerprint density at radius 3 is 2.88 bits per heavy atom. The predicted molar refractivity (Wildman–Crippen MR) is 67.2 cm³/mol. The topological polar surface area (TPSA) is 58.1 Å². The highest BCUT2D eigenvalue weighted by atomic mass is 16.1. The van der Waals surface area contributed by atoms with Crippen LogP contribution >= 0.6 is 0 Å². The number of nitrogens with one attached hydrogen (secondary N) is 1. The number of anilines is 2. The molecule has 90 valence electrons. The fourth-order valence-corrected chi connectivity index (χ4v) is 1.78. The van der Waals surface area contributed by atoms with Crippen LogP contribution < -0.4 is 10.2 Å². The molecule has 17 heavy (non-hydrogen) atoms. The van der Waals surface area contributed by atoms with Gasteiger partial charge in [0.1, 0.15) is 23.7 Å². The lowest BCUT2D eigenvalue weighted by molar-refractivity contribution is -0.119. The van der Waals surface area contributed by atoms with Crippen LogP contribution in [0.1, 0.15) is 12.8 Å². The van der Waals surface area contributed by atoms with E-state index < -0.39 is 0 Å². The Labute approximate surface area is 101 Å². The van der Waals surface area contributed by atoms with Crippen molar-refractivity contribution < 1.29 is 4.79 Å². The Bertz CT molecular complexity index is 409. The molecule has 5 heteroatoms. The van der Waals surface area contributed by atoms with Crippen molar-refractivity contribution in [1.29, 1.82) is 0 Å². The van der Waals surface area contributed by atoms with Crippen LogP contribution in [0.15, 0.2) is 25.0 Å². The summed E-state index contributed by atoms with van der Waals surface area (Å²) < 4.78 is 0. The second-order valence-electron chi connectivity index (χ2n) is 3.96. The van der Waals surface area contributed by atoms with Gasteiger partial charge in [0.25, 0.3) is 0 Å². The van der Waals surface area contributed by atoms with E-state index in [1.807, 2.05) is 6.07 Å². The minimum atomic E-state index is 0.334. The first-order chi connectivity index (χ1) is 8.29.